The van der Waals surface area contributed by atoms with Crippen LogP contribution in [0.1, 0.15) is 31.6 Å². The molecule has 126 valence electrons. The third kappa shape index (κ3) is 5.02. The summed E-state index contributed by atoms with van der Waals surface area (Å²) in [5.74, 6) is 1.83. The first kappa shape index (κ1) is 17.9. The molecule has 2 heterocycles. The molecule has 1 aliphatic rings. The Labute approximate surface area is 145 Å². The third-order valence-corrected chi connectivity index (χ3v) is 4.66. The summed E-state index contributed by atoms with van der Waals surface area (Å²) in [6.07, 6.45) is 4.12. The van der Waals surface area contributed by atoms with Gasteiger partial charge in [0.05, 0.1) is 4.88 Å². The van der Waals surface area contributed by atoms with Crippen LogP contribution < -0.4 is 11.1 Å². The number of thiophene rings is 1. The molecule has 1 saturated carbocycles. The summed E-state index contributed by atoms with van der Waals surface area (Å²) in [5.41, 5.74) is 5.68. The number of carbonyl (C=O) groups is 1. The van der Waals surface area contributed by atoms with Crippen LogP contribution in [0, 0.1) is 5.92 Å². The number of nitrogens with one attached hydrogen (secondary N) is 1. The van der Waals surface area contributed by atoms with Crippen LogP contribution in [-0.2, 0) is 11.2 Å². The van der Waals surface area contributed by atoms with Crippen molar-refractivity contribution < 1.29 is 9.32 Å². The van der Waals surface area contributed by atoms with E-state index in [1.165, 1.54) is 12.8 Å². The Kier molecular flexibility index (Phi) is 6.56. The molecule has 6 nitrogen and oxygen atoms in total. The summed E-state index contributed by atoms with van der Waals surface area (Å²) in [6, 6.07) is 4.05. The molecule has 0 aliphatic heterocycles. The molecule has 8 heteroatoms. The monoisotopic (exact) mass is 356 g/mol. The maximum absolute atomic E-state index is 11.9. The fraction of sp³-hybridized carbons (Fsp3) is 0.533. The van der Waals surface area contributed by atoms with E-state index < -0.39 is 0 Å². The summed E-state index contributed by atoms with van der Waals surface area (Å²) in [7, 11) is 0. The summed E-state index contributed by atoms with van der Waals surface area (Å²) >= 11 is 1.58. The number of aromatic nitrogens is 2. The number of hydrogen-bond donors (Lipinski definition) is 2. The van der Waals surface area contributed by atoms with Gasteiger partial charge in [0.1, 0.15) is 0 Å². The minimum absolute atomic E-state index is 0. The molecule has 1 unspecified atom stereocenters. The Bertz CT molecular complexity index is 613. The summed E-state index contributed by atoms with van der Waals surface area (Å²) < 4.78 is 5.21. The van der Waals surface area contributed by atoms with Gasteiger partial charge < -0.3 is 15.6 Å². The fourth-order valence-electron chi connectivity index (χ4n) is 2.41. The summed E-state index contributed by atoms with van der Waals surface area (Å²) in [5, 5.41) is 8.95. The van der Waals surface area contributed by atoms with Gasteiger partial charge in [-0.3, -0.25) is 4.79 Å². The predicted molar refractivity (Wildman–Crippen MR) is 91.5 cm³/mol. The van der Waals surface area contributed by atoms with Crippen molar-refractivity contribution in [1.29, 1.82) is 0 Å². The number of hydrogen-bond acceptors (Lipinski definition) is 6. The molecule has 1 amide bonds. The van der Waals surface area contributed by atoms with E-state index in [1.54, 1.807) is 11.3 Å². The topological polar surface area (TPSA) is 94.0 Å². The van der Waals surface area contributed by atoms with E-state index in [-0.39, 0.29) is 24.4 Å². The molecular formula is C15H21ClN4O2S. The zero-order valence-electron chi connectivity index (χ0n) is 12.7. The van der Waals surface area contributed by atoms with Gasteiger partial charge in [0.15, 0.2) is 0 Å². The number of halogens is 1. The van der Waals surface area contributed by atoms with E-state index in [9.17, 15) is 4.79 Å². The van der Waals surface area contributed by atoms with Crippen LogP contribution in [0.25, 0.3) is 10.7 Å². The van der Waals surface area contributed by atoms with Crippen molar-refractivity contribution in [2.75, 3.05) is 6.54 Å². The quantitative estimate of drug-likeness (QED) is 0.757. The molecule has 1 atom stereocenters. The average molecular weight is 357 g/mol. The summed E-state index contributed by atoms with van der Waals surface area (Å²) in [6.45, 7) is 0.518. The van der Waals surface area contributed by atoms with Gasteiger partial charge in [-0.25, -0.2) is 0 Å². The van der Waals surface area contributed by atoms with Gasteiger partial charge in [-0.15, -0.1) is 23.7 Å². The van der Waals surface area contributed by atoms with Crippen molar-refractivity contribution >= 4 is 29.7 Å². The highest BCUT2D eigenvalue weighted by Crippen LogP contribution is 2.32. The van der Waals surface area contributed by atoms with Gasteiger partial charge in [-0.1, -0.05) is 11.2 Å². The lowest BCUT2D eigenvalue weighted by Crippen LogP contribution is -2.41. The second kappa shape index (κ2) is 8.42. The van der Waals surface area contributed by atoms with E-state index >= 15 is 0 Å². The maximum Gasteiger partial charge on any atom is 0.226 e. The van der Waals surface area contributed by atoms with Crippen LogP contribution in [0.5, 0.6) is 0 Å². The Morgan fingerprint density at radius 2 is 2.35 bits per heavy atom. The van der Waals surface area contributed by atoms with Crippen LogP contribution in [-0.4, -0.2) is 28.6 Å². The SMILES string of the molecule is Cl.NCC(NC(=O)CCCc1nc(-c2cccs2)no1)C1CC1. The molecule has 0 bridgehead atoms. The molecule has 2 aromatic heterocycles. The smallest absolute Gasteiger partial charge is 0.226 e. The Morgan fingerprint density at radius 1 is 1.52 bits per heavy atom. The molecule has 0 saturated heterocycles. The van der Waals surface area contributed by atoms with Crippen LogP contribution in [0.3, 0.4) is 0 Å². The largest absolute Gasteiger partial charge is 0.352 e. The molecule has 23 heavy (non-hydrogen) atoms. The van der Waals surface area contributed by atoms with Gasteiger partial charge in [0, 0.05) is 25.4 Å². The van der Waals surface area contributed by atoms with E-state index in [0.717, 1.165) is 4.88 Å². The first-order valence-corrected chi connectivity index (χ1v) is 8.50. The van der Waals surface area contributed by atoms with Crippen molar-refractivity contribution in [3.63, 3.8) is 0 Å². The van der Waals surface area contributed by atoms with E-state index in [4.69, 9.17) is 10.3 Å². The first-order valence-electron chi connectivity index (χ1n) is 7.62. The predicted octanol–water partition coefficient (Wildman–Crippen LogP) is 2.40. The van der Waals surface area contributed by atoms with Crippen LogP contribution in [0.15, 0.2) is 22.0 Å². The van der Waals surface area contributed by atoms with E-state index in [2.05, 4.69) is 15.5 Å². The Morgan fingerprint density at radius 3 is 3.00 bits per heavy atom. The van der Waals surface area contributed by atoms with Crippen molar-refractivity contribution in [3.05, 3.63) is 23.4 Å². The number of carbonyl (C=O) groups excluding carboxylic acids is 1. The van der Waals surface area contributed by atoms with Crippen molar-refractivity contribution in [1.82, 2.24) is 15.5 Å². The lowest BCUT2D eigenvalue weighted by molar-refractivity contribution is -0.122. The number of nitrogens with zero attached hydrogens (tertiary/aromatic N) is 2. The lowest BCUT2D eigenvalue weighted by atomic mass is 10.1. The highest BCUT2D eigenvalue weighted by molar-refractivity contribution is 7.13. The highest BCUT2D eigenvalue weighted by Gasteiger charge is 2.31. The van der Waals surface area contributed by atoms with Crippen LogP contribution in [0.4, 0.5) is 0 Å². The Balaban J connectivity index is 0.00000192. The zero-order chi connectivity index (χ0) is 15.4. The molecule has 1 fully saturated rings. The van der Waals surface area contributed by atoms with Crippen LogP contribution >= 0.6 is 23.7 Å². The van der Waals surface area contributed by atoms with E-state index in [0.29, 0.717) is 43.4 Å². The second-order valence-corrected chi connectivity index (χ2v) is 6.54. The number of nitrogens with two attached hydrogens (primary N) is 1. The van der Waals surface area contributed by atoms with Crippen molar-refractivity contribution in [2.45, 2.75) is 38.1 Å². The fourth-order valence-corrected chi connectivity index (χ4v) is 3.06. The molecule has 3 rings (SSSR count). The zero-order valence-corrected chi connectivity index (χ0v) is 14.4. The first-order chi connectivity index (χ1) is 10.8. The molecule has 0 radical (unpaired) electrons. The average Bonchev–Trinajstić information content (AvgIpc) is 3.02. The number of rotatable bonds is 8. The normalized spacial score (nSPS) is 15.0. The number of amides is 1. The second-order valence-electron chi connectivity index (χ2n) is 5.59. The van der Waals surface area contributed by atoms with Crippen molar-refractivity contribution in [2.24, 2.45) is 11.7 Å². The molecule has 1 aliphatic carbocycles. The molecule has 0 spiro atoms. The lowest BCUT2D eigenvalue weighted by Gasteiger charge is -2.15. The van der Waals surface area contributed by atoms with E-state index in [1.807, 2.05) is 17.5 Å². The molecule has 0 aromatic carbocycles. The van der Waals surface area contributed by atoms with Gasteiger partial charge >= 0.3 is 0 Å². The minimum Gasteiger partial charge on any atom is -0.352 e. The molecule has 2 aromatic rings. The van der Waals surface area contributed by atoms with Gasteiger partial charge in [0.25, 0.3) is 0 Å². The standard InChI is InChI=1S/C15H20N4O2S.ClH/c16-9-11(10-6-7-10)17-13(20)4-1-5-14-18-15(19-21-14)12-3-2-8-22-12;/h2-3,8,10-11H,1,4-7,9,16H2,(H,17,20);1H. The minimum atomic E-state index is 0. The van der Waals surface area contributed by atoms with Gasteiger partial charge in [-0.2, -0.15) is 4.98 Å². The maximum atomic E-state index is 11.9. The van der Waals surface area contributed by atoms with Gasteiger partial charge in [0.2, 0.25) is 17.6 Å². The summed E-state index contributed by atoms with van der Waals surface area (Å²) in [4.78, 5) is 17.2. The van der Waals surface area contributed by atoms with Crippen LogP contribution in [0.2, 0.25) is 0 Å². The Hall–Kier alpha value is -1.44. The number of aryl methyl sites for hydroxylation is 1. The molecular weight excluding hydrogens is 336 g/mol. The van der Waals surface area contributed by atoms with Crippen molar-refractivity contribution in [3.8, 4) is 10.7 Å². The third-order valence-electron chi connectivity index (χ3n) is 3.80. The molecule has 3 N–H and O–H groups in total. The highest BCUT2D eigenvalue weighted by atomic mass is 35.5. The van der Waals surface area contributed by atoms with Gasteiger partial charge in [-0.05, 0) is 36.6 Å².